The lowest BCUT2D eigenvalue weighted by Gasteiger charge is -2.26. The molecule has 0 amide bonds. The molecule has 0 saturated heterocycles. The van der Waals surface area contributed by atoms with Crippen molar-refractivity contribution in [1.82, 2.24) is 5.32 Å². The van der Waals surface area contributed by atoms with Crippen LogP contribution < -0.4 is 5.32 Å². The van der Waals surface area contributed by atoms with Crippen LogP contribution in [0.15, 0.2) is 18.2 Å². The Kier molecular flexibility index (Phi) is 5.32. The normalized spacial score (nSPS) is 24.2. The summed E-state index contributed by atoms with van der Waals surface area (Å²) in [6, 6.07) is 4.21. The van der Waals surface area contributed by atoms with E-state index in [0.29, 0.717) is 11.5 Å². The summed E-state index contributed by atoms with van der Waals surface area (Å²) in [6.45, 7) is 3.83. The fraction of sp³-hybridized carbons (Fsp3) is 0.625. The van der Waals surface area contributed by atoms with Crippen LogP contribution in [0, 0.1) is 17.6 Å². The Balaban J connectivity index is 2.26. The predicted octanol–water partition coefficient (Wildman–Crippen LogP) is 4.24. The van der Waals surface area contributed by atoms with Gasteiger partial charge in [0.2, 0.25) is 0 Å². The van der Waals surface area contributed by atoms with Crippen molar-refractivity contribution in [2.45, 2.75) is 44.9 Å². The number of rotatable bonds is 4. The van der Waals surface area contributed by atoms with Gasteiger partial charge in [-0.1, -0.05) is 32.3 Å². The molecule has 0 heterocycles. The van der Waals surface area contributed by atoms with Crippen LogP contribution in [0.25, 0.3) is 0 Å². The molecule has 1 saturated carbocycles. The number of benzene rings is 1. The highest BCUT2D eigenvalue weighted by Gasteiger charge is 2.29. The van der Waals surface area contributed by atoms with Crippen molar-refractivity contribution < 1.29 is 8.78 Å². The maximum atomic E-state index is 14.0. The maximum absolute atomic E-state index is 14.0. The van der Waals surface area contributed by atoms with Crippen molar-refractivity contribution in [1.29, 1.82) is 0 Å². The van der Waals surface area contributed by atoms with E-state index < -0.39 is 0 Å². The zero-order valence-electron chi connectivity index (χ0n) is 11.6. The van der Waals surface area contributed by atoms with Crippen molar-refractivity contribution in [3.05, 3.63) is 35.4 Å². The minimum Gasteiger partial charge on any atom is -0.317 e. The van der Waals surface area contributed by atoms with Gasteiger partial charge in [0.25, 0.3) is 0 Å². The fourth-order valence-corrected chi connectivity index (χ4v) is 3.20. The quantitative estimate of drug-likeness (QED) is 0.805. The Labute approximate surface area is 114 Å². The van der Waals surface area contributed by atoms with E-state index in [9.17, 15) is 8.78 Å². The molecule has 1 aromatic carbocycles. The predicted molar refractivity (Wildman–Crippen MR) is 74.2 cm³/mol. The molecule has 0 aliphatic heterocycles. The smallest absolute Gasteiger partial charge is 0.129 e. The molecule has 1 fully saturated rings. The summed E-state index contributed by atoms with van der Waals surface area (Å²) in [5.74, 6) is -0.404. The Morgan fingerprint density at radius 3 is 2.47 bits per heavy atom. The lowest BCUT2D eigenvalue weighted by Crippen LogP contribution is -2.27. The van der Waals surface area contributed by atoms with Gasteiger partial charge in [-0.25, -0.2) is 8.78 Å². The van der Waals surface area contributed by atoms with Crippen LogP contribution in [-0.2, 0) is 0 Å². The Morgan fingerprint density at radius 1 is 1.11 bits per heavy atom. The molecule has 1 N–H and O–H groups in total. The third kappa shape index (κ3) is 3.53. The Morgan fingerprint density at radius 2 is 1.79 bits per heavy atom. The SMILES string of the molecule is CCNCC1CCCCCC1c1c(F)cccc1F. The van der Waals surface area contributed by atoms with E-state index in [1.807, 2.05) is 0 Å². The van der Waals surface area contributed by atoms with Crippen LogP contribution in [-0.4, -0.2) is 13.1 Å². The molecule has 3 heteroatoms. The third-order valence-electron chi connectivity index (χ3n) is 4.19. The molecule has 0 spiro atoms. The number of hydrogen-bond acceptors (Lipinski definition) is 1. The van der Waals surface area contributed by atoms with Gasteiger partial charge in [-0.2, -0.15) is 0 Å². The zero-order chi connectivity index (χ0) is 13.7. The number of hydrogen-bond donors (Lipinski definition) is 1. The van der Waals surface area contributed by atoms with E-state index in [-0.39, 0.29) is 17.6 Å². The summed E-state index contributed by atoms with van der Waals surface area (Å²) in [5, 5.41) is 3.34. The van der Waals surface area contributed by atoms with E-state index in [1.54, 1.807) is 0 Å². The minimum absolute atomic E-state index is 0.0164. The first-order chi connectivity index (χ1) is 9.24. The third-order valence-corrected chi connectivity index (χ3v) is 4.19. The maximum Gasteiger partial charge on any atom is 0.129 e. The molecule has 106 valence electrons. The second-order valence-electron chi connectivity index (χ2n) is 5.45. The first-order valence-electron chi connectivity index (χ1n) is 7.38. The molecule has 2 atom stereocenters. The van der Waals surface area contributed by atoms with Crippen LogP contribution in [0.3, 0.4) is 0 Å². The van der Waals surface area contributed by atoms with Gasteiger partial charge in [0.15, 0.2) is 0 Å². The van der Waals surface area contributed by atoms with Gasteiger partial charge in [0.05, 0.1) is 0 Å². The second-order valence-corrected chi connectivity index (χ2v) is 5.45. The Hall–Kier alpha value is -0.960. The van der Waals surface area contributed by atoms with Crippen LogP contribution >= 0.6 is 0 Å². The summed E-state index contributed by atoms with van der Waals surface area (Å²) in [4.78, 5) is 0. The molecule has 2 unspecified atom stereocenters. The van der Waals surface area contributed by atoms with E-state index in [0.717, 1.165) is 32.4 Å². The summed E-state index contributed by atoms with van der Waals surface area (Å²) in [6.07, 6.45) is 5.37. The molecule has 0 radical (unpaired) electrons. The molecule has 0 bridgehead atoms. The van der Waals surface area contributed by atoms with Crippen molar-refractivity contribution in [3.63, 3.8) is 0 Å². The van der Waals surface area contributed by atoms with Gasteiger partial charge in [0.1, 0.15) is 11.6 Å². The fourth-order valence-electron chi connectivity index (χ4n) is 3.20. The van der Waals surface area contributed by atoms with Gasteiger partial charge in [0, 0.05) is 5.56 Å². The standard InChI is InChI=1S/C16H23F2N/c1-2-19-11-12-7-4-3-5-8-13(12)16-14(17)9-6-10-15(16)18/h6,9-10,12-13,19H,2-5,7-8,11H2,1H3. The molecule has 19 heavy (non-hydrogen) atoms. The zero-order valence-corrected chi connectivity index (χ0v) is 11.6. The highest BCUT2D eigenvalue weighted by atomic mass is 19.1. The summed E-state index contributed by atoms with van der Waals surface area (Å²) < 4.78 is 28.0. The van der Waals surface area contributed by atoms with Crippen LogP contribution in [0.5, 0.6) is 0 Å². The lowest BCUT2D eigenvalue weighted by molar-refractivity contribution is 0.359. The van der Waals surface area contributed by atoms with Crippen molar-refractivity contribution in [2.75, 3.05) is 13.1 Å². The van der Waals surface area contributed by atoms with Crippen molar-refractivity contribution in [3.8, 4) is 0 Å². The topological polar surface area (TPSA) is 12.0 Å². The summed E-state index contributed by atoms with van der Waals surface area (Å²) in [7, 11) is 0. The second kappa shape index (κ2) is 6.99. The number of halogens is 2. The first kappa shape index (κ1) is 14.4. The average Bonchev–Trinajstić information content (AvgIpc) is 2.62. The highest BCUT2D eigenvalue weighted by molar-refractivity contribution is 5.25. The molecule has 2 rings (SSSR count). The van der Waals surface area contributed by atoms with Crippen LogP contribution in [0.2, 0.25) is 0 Å². The van der Waals surface area contributed by atoms with E-state index >= 15 is 0 Å². The van der Waals surface area contributed by atoms with Gasteiger partial charge in [-0.05, 0) is 49.9 Å². The van der Waals surface area contributed by atoms with E-state index in [2.05, 4.69) is 12.2 Å². The van der Waals surface area contributed by atoms with Gasteiger partial charge >= 0.3 is 0 Å². The molecule has 1 aliphatic rings. The monoisotopic (exact) mass is 267 g/mol. The average molecular weight is 267 g/mol. The first-order valence-corrected chi connectivity index (χ1v) is 7.38. The largest absolute Gasteiger partial charge is 0.317 e. The van der Waals surface area contributed by atoms with Crippen LogP contribution in [0.4, 0.5) is 8.78 Å². The highest BCUT2D eigenvalue weighted by Crippen LogP contribution is 2.38. The Bertz CT molecular complexity index is 385. The molecule has 1 aromatic rings. The molecule has 1 nitrogen and oxygen atoms in total. The van der Waals surface area contributed by atoms with Gasteiger partial charge < -0.3 is 5.32 Å². The van der Waals surface area contributed by atoms with Crippen LogP contribution in [0.1, 0.15) is 50.5 Å². The minimum atomic E-state index is -0.381. The van der Waals surface area contributed by atoms with E-state index in [4.69, 9.17) is 0 Å². The molecule has 1 aliphatic carbocycles. The summed E-state index contributed by atoms with van der Waals surface area (Å²) >= 11 is 0. The molecule has 0 aromatic heterocycles. The lowest BCUT2D eigenvalue weighted by atomic mass is 9.82. The number of nitrogens with one attached hydrogen (secondary N) is 1. The van der Waals surface area contributed by atoms with Crippen molar-refractivity contribution in [2.24, 2.45) is 5.92 Å². The molecular formula is C16H23F2N. The van der Waals surface area contributed by atoms with E-state index in [1.165, 1.54) is 31.0 Å². The molecular weight excluding hydrogens is 244 g/mol. The van der Waals surface area contributed by atoms with Gasteiger partial charge in [-0.15, -0.1) is 0 Å². The summed E-state index contributed by atoms with van der Waals surface area (Å²) in [5.41, 5.74) is 0.312. The van der Waals surface area contributed by atoms with Crippen molar-refractivity contribution >= 4 is 0 Å². The van der Waals surface area contributed by atoms with Gasteiger partial charge in [-0.3, -0.25) is 0 Å².